The van der Waals surface area contributed by atoms with E-state index < -0.39 is 0 Å². The Kier molecular flexibility index (Phi) is 7.35. The van der Waals surface area contributed by atoms with E-state index in [9.17, 15) is 14.0 Å². The smallest absolute Gasteiger partial charge is 0.226 e. The second-order valence-electron chi connectivity index (χ2n) is 8.86. The molecule has 0 bridgehead atoms. The van der Waals surface area contributed by atoms with Crippen molar-refractivity contribution in [2.24, 2.45) is 11.8 Å². The largest absolute Gasteiger partial charge is 0.343 e. The Labute approximate surface area is 189 Å². The van der Waals surface area contributed by atoms with Crippen LogP contribution in [0, 0.1) is 17.7 Å². The number of benzene rings is 2. The van der Waals surface area contributed by atoms with Crippen molar-refractivity contribution in [3.8, 4) is 0 Å². The van der Waals surface area contributed by atoms with Crippen LogP contribution in [0.1, 0.15) is 36.8 Å². The number of nitrogens with zero attached hydrogens (tertiary/aromatic N) is 2. The Hall–Kier alpha value is -2.95. The second-order valence-corrected chi connectivity index (χ2v) is 8.86. The van der Waals surface area contributed by atoms with Gasteiger partial charge >= 0.3 is 0 Å². The molecule has 1 atom stereocenters. The van der Waals surface area contributed by atoms with Gasteiger partial charge in [-0.3, -0.25) is 9.59 Å². The minimum Gasteiger partial charge on any atom is -0.343 e. The van der Waals surface area contributed by atoms with E-state index in [0.29, 0.717) is 44.9 Å². The zero-order valence-corrected chi connectivity index (χ0v) is 18.5. The molecule has 2 heterocycles. The van der Waals surface area contributed by atoms with Crippen molar-refractivity contribution in [1.29, 1.82) is 0 Å². The molecule has 0 aliphatic carbocycles. The van der Waals surface area contributed by atoms with Crippen molar-refractivity contribution in [1.82, 2.24) is 9.80 Å². The van der Waals surface area contributed by atoms with Gasteiger partial charge in [-0.05, 0) is 54.9 Å². The Bertz CT molecular complexity index is 934. The molecule has 4 nitrogen and oxygen atoms in total. The van der Waals surface area contributed by atoms with Gasteiger partial charge in [0.25, 0.3) is 0 Å². The minimum atomic E-state index is -0.257. The fraction of sp³-hybridized carbons (Fsp3) is 0.407. The Morgan fingerprint density at radius 1 is 0.938 bits per heavy atom. The van der Waals surface area contributed by atoms with Crippen LogP contribution in [0.5, 0.6) is 0 Å². The van der Waals surface area contributed by atoms with Crippen molar-refractivity contribution >= 4 is 11.8 Å². The maximum absolute atomic E-state index is 13.3. The zero-order chi connectivity index (χ0) is 22.3. The number of aryl methyl sites for hydroxylation is 1. The second kappa shape index (κ2) is 10.6. The summed E-state index contributed by atoms with van der Waals surface area (Å²) in [4.78, 5) is 29.9. The van der Waals surface area contributed by atoms with Crippen molar-refractivity contribution in [3.63, 3.8) is 0 Å². The molecule has 4 rings (SSSR count). The standard InChI is InChI=1S/C27H31FN2O2/c28-24-12-9-21(10-13-24)11-14-26(31)29-18-15-23(16-19-29)25-8-4-5-17-30(27(25)32)20-22-6-2-1-3-7-22/h1-7,9-10,12-13,23,25H,8,11,14-20H2. The molecule has 0 N–H and O–H groups in total. The highest BCUT2D eigenvalue weighted by Crippen LogP contribution is 2.31. The molecule has 168 valence electrons. The molecule has 2 aliphatic rings. The number of allylic oxidation sites excluding steroid dienone is 1. The van der Waals surface area contributed by atoms with Gasteiger partial charge in [-0.1, -0.05) is 54.6 Å². The monoisotopic (exact) mass is 434 g/mol. The fourth-order valence-electron chi connectivity index (χ4n) is 4.82. The predicted molar refractivity (Wildman–Crippen MR) is 123 cm³/mol. The Balaban J connectivity index is 1.29. The molecule has 1 unspecified atom stereocenters. The molecule has 32 heavy (non-hydrogen) atoms. The van der Waals surface area contributed by atoms with Crippen LogP contribution in [0.25, 0.3) is 0 Å². The van der Waals surface area contributed by atoms with E-state index in [0.717, 1.165) is 30.4 Å². The van der Waals surface area contributed by atoms with Crippen molar-refractivity contribution in [2.45, 2.75) is 38.6 Å². The van der Waals surface area contributed by atoms with Crippen LogP contribution in [0.15, 0.2) is 66.7 Å². The Morgan fingerprint density at radius 2 is 1.66 bits per heavy atom. The van der Waals surface area contributed by atoms with Crippen LogP contribution in [0.2, 0.25) is 0 Å². The number of carbonyl (C=O) groups is 2. The maximum Gasteiger partial charge on any atom is 0.226 e. The van der Waals surface area contributed by atoms with Crippen LogP contribution < -0.4 is 0 Å². The average molecular weight is 435 g/mol. The van der Waals surface area contributed by atoms with Crippen molar-refractivity contribution in [2.75, 3.05) is 19.6 Å². The topological polar surface area (TPSA) is 40.6 Å². The molecule has 2 aromatic rings. The lowest BCUT2D eigenvalue weighted by Crippen LogP contribution is -2.44. The summed E-state index contributed by atoms with van der Waals surface area (Å²) in [6.45, 7) is 2.71. The molecule has 2 aliphatic heterocycles. The van der Waals surface area contributed by atoms with E-state index in [2.05, 4.69) is 24.3 Å². The van der Waals surface area contributed by atoms with Gasteiger partial charge < -0.3 is 9.80 Å². The number of hydrogen-bond acceptors (Lipinski definition) is 2. The first-order valence-corrected chi connectivity index (χ1v) is 11.6. The third kappa shape index (κ3) is 5.64. The molecular formula is C27H31FN2O2. The fourth-order valence-corrected chi connectivity index (χ4v) is 4.82. The minimum absolute atomic E-state index is 0.00562. The highest BCUT2D eigenvalue weighted by molar-refractivity contribution is 5.80. The summed E-state index contributed by atoms with van der Waals surface area (Å²) in [7, 11) is 0. The molecule has 2 aromatic carbocycles. The van der Waals surface area contributed by atoms with Gasteiger partial charge in [0.1, 0.15) is 5.82 Å². The third-order valence-electron chi connectivity index (χ3n) is 6.73. The van der Waals surface area contributed by atoms with E-state index in [-0.39, 0.29) is 23.5 Å². The predicted octanol–water partition coefficient (Wildman–Crippen LogP) is 4.60. The van der Waals surface area contributed by atoms with Crippen molar-refractivity contribution in [3.05, 3.63) is 83.7 Å². The first-order valence-electron chi connectivity index (χ1n) is 11.6. The summed E-state index contributed by atoms with van der Waals surface area (Å²) in [6.07, 6.45) is 7.83. The summed E-state index contributed by atoms with van der Waals surface area (Å²) in [5, 5.41) is 0. The molecule has 1 saturated heterocycles. The number of halogens is 1. The van der Waals surface area contributed by atoms with E-state index >= 15 is 0 Å². The molecular weight excluding hydrogens is 403 g/mol. The molecule has 5 heteroatoms. The molecule has 0 saturated carbocycles. The number of hydrogen-bond donors (Lipinski definition) is 0. The highest BCUT2D eigenvalue weighted by atomic mass is 19.1. The summed E-state index contributed by atoms with van der Waals surface area (Å²) in [5.74, 6) is 0.427. The molecule has 0 spiro atoms. The SMILES string of the molecule is O=C(CCc1ccc(F)cc1)N1CCC(C2CC=CCN(Cc3ccccc3)C2=O)CC1. The zero-order valence-electron chi connectivity index (χ0n) is 18.5. The maximum atomic E-state index is 13.3. The number of carbonyl (C=O) groups excluding carboxylic acids is 2. The summed E-state index contributed by atoms with van der Waals surface area (Å²) in [5.41, 5.74) is 2.13. The number of amides is 2. The highest BCUT2D eigenvalue weighted by Gasteiger charge is 2.34. The lowest BCUT2D eigenvalue weighted by Gasteiger charge is -2.36. The van der Waals surface area contributed by atoms with Gasteiger partial charge in [-0.2, -0.15) is 0 Å². The lowest BCUT2D eigenvalue weighted by atomic mass is 9.81. The number of likely N-dealkylation sites (tertiary alicyclic amines) is 1. The van der Waals surface area contributed by atoms with Gasteiger partial charge in [-0.15, -0.1) is 0 Å². The normalized spacial score (nSPS) is 19.8. The van der Waals surface area contributed by atoms with E-state index in [1.807, 2.05) is 28.0 Å². The molecule has 0 radical (unpaired) electrons. The van der Waals surface area contributed by atoms with Gasteiger partial charge in [-0.25, -0.2) is 4.39 Å². The van der Waals surface area contributed by atoms with Crippen LogP contribution in [0.4, 0.5) is 4.39 Å². The van der Waals surface area contributed by atoms with Crippen LogP contribution in [-0.2, 0) is 22.6 Å². The summed E-state index contributed by atoms with van der Waals surface area (Å²) >= 11 is 0. The summed E-state index contributed by atoms with van der Waals surface area (Å²) < 4.78 is 13.0. The quantitative estimate of drug-likeness (QED) is 0.624. The number of piperidine rings is 1. The Morgan fingerprint density at radius 3 is 2.38 bits per heavy atom. The number of rotatable bonds is 6. The lowest BCUT2D eigenvalue weighted by molar-refractivity contribution is -0.138. The van der Waals surface area contributed by atoms with E-state index in [4.69, 9.17) is 0 Å². The van der Waals surface area contributed by atoms with Crippen molar-refractivity contribution < 1.29 is 14.0 Å². The molecule has 0 aromatic heterocycles. The van der Waals surface area contributed by atoms with Gasteiger partial charge in [0, 0.05) is 38.5 Å². The van der Waals surface area contributed by atoms with Gasteiger partial charge in [0.05, 0.1) is 0 Å². The van der Waals surface area contributed by atoms with Gasteiger partial charge in [0.15, 0.2) is 0 Å². The molecule has 2 amide bonds. The van der Waals surface area contributed by atoms with Crippen LogP contribution in [0.3, 0.4) is 0 Å². The van der Waals surface area contributed by atoms with Crippen LogP contribution in [-0.4, -0.2) is 41.2 Å². The first kappa shape index (κ1) is 22.3. The summed E-state index contributed by atoms with van der Waals surface area (Å²) in [6, 6.07) is 16.5. The molecule has 1 fully saturated rings. The average Bonchev–Trinajstić information content (AvgIpc) is 3.01. The van der Waals surface area contributed by atoms with Crippen LogP contribution >= 0.6 is 0 Å². The van der Waals surface area contributed by atoms with Gasteiger partial charge in [0.2, 0.25) is 11.8 Å². The first-order chi connectivity index (χ1) is 15.6. The third-order valence-corrected chi connectivity index (χ3v) is 6.73. The van der Waals surface area contributed by atoms with E-state index in [1.165, 1.54) is 12.1 Å². The van der Waals surface area contributed by atoms with E-state index in [1.54, 1.807) is 12.1 Å².